The number of rotatable bonds is 2. The normalized spacial score (nSPS) is 10.0. The molecular formula is C17H16ClN3O2. The summed E-state index contributed by atoms with van der Waals surface area (Å²) in [5, 5.41) is 10.4. The maximum Gasteiger partial charge on any atom is 0.336 e. The first-order chi connectivity index (χ1) is 11.0. The number of carboxylic acid groups (broad SMARTS) is 1. The molecule has 0 bridgehead atoms. The second-order valence-corrected chi connectivity index (χ2v) is 4.93. The van der Waals surface area contributed by atoms with E-state index < -0.39 is 5.97 Å². The number of aromatic carboxylic acids is 1. The lowest BCUT2D eigenvalue weighted by Gasteiger charge is -2.07. The largest absolute Gasteiger partial charge is 0.478 e. The van der Waals surface area contributed by atoms with E-state index in [9.17, 15) is 9.90 Å². The Morgan fingerprint density at radius 2 is 1.91 bits per heavy atom. The number of anilines is 1. The molecule has 23 heavy (non-hydrogen) atoms. The summed E-state index contributed by atoms with van der Waals surface area (Å²) in [5.41, 5.74) is 7.48. The summed E-state index contributed by atoms with van der Waals surface area (Å²) in [6, 6.07) is 9.86. The maximum atomic E-state index is 11.5. The summed E-state index contributed by atoms with van der Waals surface area (Å²) >= 11 is 5.92. The van der Waals surface area contributed by atoms with Gasteiger partial charge in [-0.15, -0.1) is 0 Å². The Morgan fingerprint density at radius 3 is 2.52 bits per heavy atom. The second kappa shape index (κ2) is 7.07. The molecule has 2 heterocycles. The Bertz CT molecular complexity index is 848. The smallest absolute Gasteiger partial charge is 0.336 e. The molecule has 0 saturated heterocycles. The number of nitrogens with two attached hydrogens (primary N) is 1. The van der Waals surface area contributed by atoms with Crippen LogP contribution in [0.4, 0.5) is 5.82 Å². The molecule has 0 spiro atoms. The van der Waals surface area contributed by atoms with Gasteiger partial charge in [0.15, 0.2) is 0 Å². The fraction of sp³-hybridized carbons (Fsp3) is 0.118. The van der Waals surface area contributed by atoms with Crippen LogP contribution < -0.4 is 5.73 Å². The van der Waals surface area contributed by atoms with Crippen molar-refractivity contribution in [2.75, 3.05) is 5.73 Å². The first-order valence-corrected chi connectivity index (χ1v) is 7.48. The number of hydrogen-bond donors (Lipinski definition) is 2. The predicted octanol–water partition coefficient (Wildman–Crippen LogP) is 4.26. The summed E-state index contributed by atoms with van der Waals surface area (Å²) in [7, 11) is 0. The second-order valence-electron chi connectivity index (χ2n) is 4.49. The van der Waals surface area contributed by atoms with Gasteiger partial charge in [-0.05, 0) is 36.4 Å². The first kappa shape index (κ1) is 16.7. The minimum Gasteiger partial charge on any atom is -0.478 e. The maximum absolute atomic E-state index is 11.5. The van der Waals surface area contributed by atoms with Gasteiger partial charge in [0, 0.05) is 22.2 Å². The van der Waals surface area contributed by atoms with Crippen molar-refractivity contribution in [1.82, 2.24) is 9.97 Å². The third-order valence-corrected chi connectivity index (χ3v) is 3.32. The summed E-state index contributed by atoms with van der Waals surface area (Å²) in [6.45, 7) is 4.00. The molecule has 3 aromatic rings. The molecule has 0 aliphatic heterocycles. The molecule has 118 valence electrons. The van der Waals surface area contributed by atoms with Crippen LogP contribution in [-0.2, 0) is 0 Å². The Hall–Kier alpha value is -2.66. The number of halogens is 1. The number of nitrogen functional groups attached to an aromatic ring is 1. The quantitative estimate of drug-likeness (QED) is 0.733. The highest BCUT2D eigenvalue weighted by molar-refractivity contribution is 6.31. The lowest BCUT2D eigenvalue weighted by atomic mass is 10.1. The van der Waals surface area contributed by atoms with Crippen LogP contribution in [0.2, 0.25) is 5.02 Å². The van der Waals surface area contributed by atoms with Crippen molar-refractivity contribution in [3.05, 3.63) is 53.2 Å². The molecule has 6 heteroatoms. The van der Waals surface area contributed by atoms with Crippen LogP contribution >= 0.6 is 11.6 Å². The van der Waals surface area contributed by atoms with Crippen molar-refractivity contribution in [1.29, 1.82) is 0 Å². The Labute approximate surface area is 138 Å². The third kappa shape index (κ3) is 3.57. The average Bonchev–Trinajstić information content (AvgIpc) is 2.56. The molecule has 0 atom stereocenters. The van der Waals surface area contributed by atoms with E-state index in [0.29, 0.717) is 33.0 Å². The highest BCUT2D eigenvalue weighted by atomic mass is 35.5. The molecule has 3 rings (SSSR count). The van der Waals surface area contributed by atoms with Gasteiger partial charge >= 0.3 is 5.97 Å². The number of nitrogens with zero attached hydrogens (tertiary/aromatic N) is 2. The van der Waals surface area contributed by atoms with Crippen LogP contribution in [0, 0.1) is 0 Å². The number of aromatic nitrogens is 2. The zero-order chi connectivity index (χ0) is 17.0. The van der Waals surface area contributed by atoms with Crippen LogP contribution in [-0.4, -0.2) is 21.0 Å². The van der Waals surface area contributed by atoms with E-state index in [1.54, 1.807) is 36.5 Å². The molecule has 0 aliphatic rings. The lowest BCUT2D eigenvalue weighted by Crippen LogP contribution is -2.00. The molecule has 3 N–H and O–H groups in total. The van der Waals surface area contributed by atoms with Crippen LogP contribution in [0.5, 0.6) is 0 Å². The summed E-state index contributed by atoms with van der Waals surface area (Å²) in [5.74, 6) is -0.640. The molecule has 1 aromatic carbocycles. The average molecular weight is 330 g/mol. The fourth-order valence-corrected chi connectivity index (χ4v) is 2.25. The molecule has 0 amide bonds. The first-order valence-electron chi connectivity index (χ1n) is 7.10. The third-order valence-electron chi connectivity index (χ3n) is 3.08. The molecule has 0 fully saturated rings. The Morgan fingerprint density at radius 1 is 1.17 bits per heavy atom. The van der Waals surface area contributed by atoms with E-state index in [-0.39, 0.29) is 5.56 Å². The van der Waals surface area contributed by atoms with Gasteiger partial charge in [0.1, 0.15) is 5.82 Å². The van der Waals surface area contributed by atoms with Gasteiger partial charge in [-0.1, -0.05) is 25.4 Å². The fourth-order valence-electron chi connectivity index (χ4n) is 2.08. The molecule has 0 aliphatic carbocycles. The van der Waals surface area contributed by atoms with Gasteiger partial charge in [0.05, 0.1) is 16.8 Å². The molecule has 0 saturated carbocycles. The molecule has 5 nitrogen and oxygen atoms in total. The van der Waals surface area contributed by atoms with E-state index >= 15 is 0 Å². The molecule has 2 aromatic heterocycles. The van der Waals surface area contributed by atoms with E-state index in [1.165, 1.54) is 6.07 Å². The molecule has 0 radical (unpaired) electrons. The van der Waals surface area contributed by atoms with Crippen molar-refractivity contribution in [2.45, 2.75) is 13.8 Å². The van der Waals surface area contributed by atoms with Gasteiger partial charge in [0.25, 0.3) is 0 Å². The number of carbonyl (C=O) groups is 1. The number of hydrogen-bond acceptors (Lipinski definition) is 4. The molecule has 0 unspecified atom stereocenters. The summed E-state index contributed by atoms with van der Waals surface area (Å²) in [4.78, 5) is 19.9. The minimum atomic E-state index is -1.03. The topological polar surface area (TPSA) is 89.1 Å². The summed E-state index contributed by atoms with van der Waals surface area (Å²) < 4.78 is 0. The Kier molecular flexibility index (Phi) is 5.13. The number of fused-ring (bicyclic) bond motifs is 1. The monoisotopic (exact) mass is 329 g/mol. The number of carboxylic acids is 1. The molecular weight excluding hydrogens is 314 g/mol. The van der Waals surface area contributed by atoms with Crippen molar-refractivity contribution < 1.29 is 9.90 Å². The van der Waals surface area contributed by atoms with Crippen molar-refractivity contribution in [3.8, 4) is 11.3 Å². The van der Waals surface area contributed by atoms with E-state index in [0.717, 1.165) is 0 Å². The van der Waals surface area contributed by atoms with Gasteiger partial charge in [-0.3, -0.25) is 0 Å². The lowest BCUT2D eigenvalue weighted by molar-refractivity contribution is 0.0699. The van der Waals surface area contributed by atoms with Crippen molar-refractivity contribution in [2.24, 2.45) is 0 Å². The standard InChI is InChI=1S/C15H10ClN3O2.C2H6/c16-9-2-3-12-10(5-9)11(15(20)21)6-13(19-12)8-1-4-14(17)18-7-8;1-2/h1-7H,(H2,17,18)(H,20,21);1-2H3. The SMILES string of the molecule is CC.Nc1ccc(-c2cc(C(=O)O)c3cc(Cl)ccc3n2)cn1. The van der Waals surface area contributed by atoms with Gasteiger partial charge in [-0.25, -0.2) is 14.8 Å². The van der Waals surface area contributed by atoms with Crippen molar-refractivity contribution >= 4 is 34.3 Å². The van der Waals surface area contributed by atoms with E-state index in [2.05, 4.69) is 9.97 Å². The van der Waals surface area contributed by atoms with Crippen molar-refractivity contribution in [3.63, 3.8) is 0 Å². The van der Waals surface area contributed by atoms with Crippen LogP contribution in [0.1, 0.15) is 24.2 Å². The van der Waals surface area contributed by atoms with Crippen LogP contribution in [0.3, 0.4) is 0 Å². The number of pyridine rings is 2. The van der Waals surface area contributed by atoms with Gasteiger partial charge in [-0.2, -0.15) is 0 Å². The van der Waals surface area contributed by atoms with E-state index in [4.69, 9.17) is 17.3 Å². The van der Waals surface area contributed by atoms with Gasteiger partial charge in [0.2, 0.25) is 0 Å². The van der Waals surface area contributed by atoms with Crippen LogP contribution in [0.15, 0.2) is 42.6 Å². The zero-order valence-corrected chi connectivity index (χ0v) is 13.5. The number of benzene rings is 1. The zero-order valence-electron chi connectivity index (χ0n) is 12.7. The van der Waals surface area contributed by atoms with Gasteiger partial charge < -0.3 is 10.8 Å². The van der Waals surface area contributed by atoms with Crippen LogP contribution in [0.25, 0.3) is 22.2 Å². The highest BCUT2D eigenvalue weighted by Crippen LogP contribution is 2.27. The Balaban J connectivity index is 0.000000924. The highest BCUT2D eigenvalue weighted by Gasteiger charge is 2.13. The predicted molar refractivity (Wildman–Crippen MR) is 92.7 cm³/mol. The minimum absolute atomic E-state index is 0.148. The summed E-state index contributed by atoms with van der Waals surface area (Å²) in [6.07, 6.45) is 1.56. The van der Waals surface area contributed by atoms with E-state index in [1.807, 2.05) is 13.8 Å².